The number of hydrogen-bond donors (Lipinski definition) is 2. The molecule has 0 aromatic heterocycles. The third kappa shape index (κ3) is 3.89. The summed E-state index contributed by atoms with van der Waals surface area (Å²) >= 11 is 3.94. The summed E-state index contributed by atoms with van der Waals surface area (Å²) in [4.78, 5) is 0. The molecule has 0 aliphatic carbocycles. The quantitative estimate of drug-likeness (QED) is 0.416. The Balaban J connectivity index is 3.00. The second-order valence-corrected chi connectivity index (χ2v) is 1.70. The topological polar surface area (TPSA) is 20.2 Å². The Morgan fingerprint density at radius 2 is 2.29 bits per heavy atom. The summed E-state index contributed by atoms with van der Waals surface area (Å²) in [5.41, 5.74) is 0.992. The van der Waals surface area contributed by atoms with Gasteiger partial charge < -0.3 is 5.11 Å². The minimum Gasteiger partial charge on any atom is -0.396 e. The van der Waals surface area contributed by atoms with Crippen LogP contribution in [0.3, 0.4) is 0 Å². The molecule has 0 fully saturated rings. The van der Waals surface area contributed by atoms with Gasteiger partial charge in [-0.05, 0) is 6.42 Å². The van der Waals surface area contributed by atoms with Crippen molar-refractivity contribution in [2.75, 3.05) is 12.4 Å². The molecule has 7 heavy (non-hydrogen) atoms. The van der Waals surface area contributed by atoms with E-state index in [9.17, 15) is 0 Å². The van der Waals surface area contributed by atoms with Crippen LogP contribution in [0.5, 0.6) is 0 Å². The lowest BCUT2D eigenvalue weighted by molar-refractivity contribution is 0.299. The zero-order valence-electron chi connectivity index (χ0n) is 4.22. The van der Waals surface area contributed by atoms with Gasteiger partial charge in [0, 0.05) is 12.4 Å². The predicted octanol–water partition coefficient (Wildman–Crippen LogP) is 0.855. The summed E-state index contributed by atoms with van der Waals surface area (Å²) in [5, 5.41) is 8.27. The van der Waals surface area contributed by atoms with Crippen LogP contribution in [0, 0.1) is 0 Å². The van der Waals surface area contributed by atoms with Crippen molar-refractivity contribution in [2.45, 2.75) is 6.42 Å². The number of aliphatic hydroxyl groups excluding tert-OH is 1. The molecule has 1 N–H and O–H groups in total. The fraction of sp³-hybridized carbons (Fsp3) is 0.600. The molecule has 0 aromatic carbocycles. The highest BCUT2D eigenvalue weighted by Crippen LogP contribution is 1.96. The van der Waals surface area contributed by atoms with E-state index in [-0.39, 0.29) is 6.61 Å². The van der Waals surface area contributed by atoms with Gasteiger partial charge in [0.1, 0.15) is 0 Å². The van der Waals surface area contributed by atoms with Gasteiger partial charge in [-0.15, -0.1) is 0 Å². The van der Waals surface area contributed by atoms with Crippen LogP contribution in [0.2, 0.25) is 0 Å². The molecule has 0 unspecified atom stereocenters. The van der Waals surface area contributed by atoms with Crippen LogP contribution in [-0.4, -0.2) is 17.5 Å². The molecule has 42 valence electrons. The molecule has 0 aliphatic rings. The molecule has 0 atom stereocenters. The van der Waals surface area contributed by atoms with Gasteiger partial charge in [0.25, 0.3) is 0 Å². The molecule has 0 spiro atoms. The maximum absolute atomic E-state index is 8.27. The molecular weight excluding hydrogens is 108 g/mol. The monoisotopic (exact) mass is 118 g/mol. The molecule has 0 saturated heterocycles. The van der Waals surface area contributed by atoms with Crippen LogP contribution in [0.1, 0.15) is 6.42 Å². The Labute approximate surface area is 49.5 Å². The molecule has 0 heterocycles. The molecular formula is C5H10OS. The lowest BCUT2D eigenvalue weighted by Gasteiger charge is -1.93. The minimum absolute atomic E-state index is 0.194. The Morgan fingerprint density at radius 1 is 1.71 bits per heavy atom. The SMILES string of the molecule is C=C(CS)CCO. The summed E-state index contributed by atoms with van der Waals surface area (Å²) in [6.07, 6.45) is 0.684. The maximum Gasteiger partial charge on any atom is 0.0468 e. The maximum atomic E-state index is 8.27. The fourth-order valence-corrected chi connectivity index (χ4v) is 0.395. The molecule has 0 rings (SSSR count). The molecule has 0 radical (unpaired) electrons. The lowest BCUT2D eigenvalue weighted by Crippen LogP contribution is -1.86. The summed E-state index contributed by atoms with van der Waals surface area (Å²) in [6.45, 7) is 3.82. The van der Waals surface area contributed by atoms with Gasteiger partial charge in [0.05, 0.1) is 0 Å². The highest BCUT2D eigenvalue weighted by atomic mass is 32.1. The number of thiol groups is 1. The van der Waals surface area contributed by atoms with E-state index in [0.29, 0.717) is 12.2 Å². The molecule has 0 saturated carbocycles. The molecule has 2 heteroatoms. The summed E-state index contributed by atoms with van der Waals surface area (Å²) < 4.78 is 0. The number of aliphatic hydroxyl groups is 1. The first kappa shape index (κ1) is 7.05. The van der Waals surface area contributed by atoms with Crippen LogP contribution in [0.4, 0.5) is 0 Å². The van der Waals surface area contributed by atoms with Crippen molar-refractivity contribution in [3.63, 3.8) is 0 Å². The van der Waals surface area contributed by atoms with Crippen molar-refractivity contribution >= 4 is 12.6 Å². The minimum atomic E-state index is 0.194. The van der Waals surface area contributed by atoms with Gasteiger partial charge >= 0.3 is 0 Å². The molecule has 0 bridgehead atoms. The second kappa shape index (κ2) is 4.22. The molecule has 1 nitrogen and oxygen atoms in total. The van der Waals surface area contributed by atoms with Crippen molar-refractivity contribution < 1.29 is 5.11 Å². The van der Waals surface area contributed by atoms with Crippen molar-refractivity contribution in [3.05, 3.63) is 12.2 Å². The van der Waals surface area contributed by atoms with Gasteiger partial charge in [0.2, 0.25) is 0 Å². The van der Waals surface area contributed by atoms with E-state index in [4.69, 9.17) is 5.11 Å². The van der Waals surface area contributed by atoms with Crippen LogP contribution in [0.15, 0.2) is 12.2 Å². The summed E-state index contributed by atoms with van der Waals surface area (Å²) in [5.74, 6) is 0.681. The van der Waals surface area contributed by atoms with E-state index in [1.165, 1.54) is 0 Å². The smallest absolute Gasteiger partial charge is 0.0468 e. The average Bonchev–Trinajstić information content (AvgIpc) is 1.68. The van der Waals surface area contributed by atoms with E-state index in [0.717, 1.165) is 5.57 Å². The normalized spacial score (nSPS) is 8.86. The van der Waals surface area contributed by atoms with Gasteiger partial charge in [-0.25, -0.2) is 0 Å². The van der Waals surface area contributed by atoms with E-state index >= 15 is 0 Å². The Morgan fingerprint density at radius 3 is 2.43 bits per heavy atom. The van der Waals surface area contributed by atoms with Gasteiger partial charge in [-0.3, -0.25) is 0 Å². The standard InChI is InChI=1S/C5H10OS/c1-5(4-7)2-3-6/h6-7H,1-4H2. The van der Waals surface area contributed by atoms with Gasteiger partial charge in [-0.1, -0.05) is 12.2 Å². The van der Waals surface area contributed by atoms with E-state index in [1.54, 1.807) is 0 Å². The van der Waals surface area contributed by atoms with Crippen molar-refractivity contribution in [2.24, 2.45) is 0 Å². The highest BCUT2D eigenvalue weighted by molar-refractivity contribution is 7.80. The number of hydrogen-bond acceptors (Lipinski definition) is 2. The Bertz CT molecular complexity index is 61.1. The van der Waals surface area contributed by atoms with Crippen molar-refractivity contribution in [3.8, 4) is 0 Å². The zero-order valence-corrected chi connectivity index (χ0v) is 5.12. The highest BCUT2D eigenvalue weighted by Gasteiger charge is 1.85. The van der Waals surface area contributed by atoms with E-state index in [2.05, 4.69) is 19.2 Å². The average molecular weight is 118 g/mol. The van der Waals surface area contributed by atoms with Crippen LogP contribution in [-0.2, 0) is 0 Å². The Hall–Kier alpha value is 0.0500. The first-order valence-corrected chi connectivity index (χ1v) is 2.83. The van der Waals surface area contributed by atoms with Crippen molar-refractivity contribution in [1.29, 1.82) is 0 Å². The Kier molecular flexibility index (Phi) is 4.25. The largest absolute Gasteiger partial charge is 0.396 e. The zero-order chi connectivity index (χ0) is 5.70. The van der Waals surface area contributed by atoms with E-state index in [1.807, 2.05) is 0 Å². The third-order valence-corrected chi connectivity index (χ3v) is 1.14. The van der Waals surface area contributed by atoms with Crippen LogP contribution in [0.25, 0.3) is 0 Å². The van der Waals surface area contributed by atoms with Gasteiger partial charge in [0.15, 0.2) is 0 Å². The fourth-order valence-electron chi connectivity index (χ4n) is 0.237. The van der Waals surface area contributed by atoms with E-state index < -0.39 is 0 Å². The second-order valence-electron chi connectivity index (χ2n) is 1.38. The lowest BCUT2D eigenvalue weighted by atomic mass is 10.3. The third-order valence-electron chi connectivity index (χ3n) is 0.689. The summed E-state index contributed by atoms with van der Waals surface area (Å²) in [6, 6.07) is 0. The molecule has 0 aliphatic heterocycles. The van der Waals surface area contributed by atoms with Crippen LogP contribution >= 0.6 is 12.6 Å². The summed E-state index contributed by atoms with van der Waals surface area (Å²) in [7, 11) is 0. The molecule has 0 aromatic rings. The van der Waals surface area contributed by atoms with Gasteiger partial charge in [-0.2, -0.15) is 12.6 Å². The predicted molar refractivity (Wildman–Crippen MR) is 34.7 cm³/mol. The first-order chi connectivity index (χ1) is 3.31. The van der Waals surface area contributed by atoms with Crippen molar-refractivity contribution in [1.82, 2.24) is 0 Å². The van der Waals surface area contributed by atoms with Crippen LogP contribution < -0.4 is 0 Å². The molecule has 0 amide bonds. The number of rotatable bonds is 3. The first-order valence-electron chi connectivity index (χ1n) is 2.19.